The molecular formula is C26H40O. The Morgan fingerprint density at radius 3 is 2.26 bits per heavy atom. The molecule has 0 spiro atoms. The molecule has 1 saturated carbocycles. The highest BCUT2D eigenvalue weighted by molar-refractivity contribution is 5.33. The van der Waals surface area contributed by atoms with Crippen molar-refractivity contribution in [3.63, 3.8) is 0 Å². The highest BCUT2D eigenvalue weighted by Gasteiger charge is 2.23. The van der Waals surface area contributed by atoms with Gasteiger partial charge in [-0.25, -0.2) is 0 Å². The fourth-order valence-corrected chi connectivity index (χ4v) is 4.55. The van der Waals surface area contributed by atoms with Gasteiger partial charge in [-0.15, -0.1) is 6.42 Å². The van der Waals surface area contributed by atoms with Crippen LogP contribution in [0.1, 0.15) is 103 Å². The summed E-state index contributed by atoms with van der Waals surface area (Å²) >= 11 is 0. The lowest BCUT2D eigenvalue weighted by Gasteiger charge is -2.30. The molecule has 0 amide bonds. The summed E-state index contributed by atoms with van der Waals surface area (Å²) in [5, 5.41) is 0. The van der Waals surface area contributed by atoms with E-state index in [1.54, 1.807) is 0 Å². The molecule has 0 radical (unpaired) electrons. The number of hydrogen-bond acceptors (Lipinski definition) is 1. The van der Waals surface area contributed by atoms with Crippen molar-refractivity contribution in [2.24, 2.45) is 11.8 Å². The molecule has 0 saturated heterocycles. The van der Waals surface area contributed by atoms with E-state index in [2.05, 4.69) is 51.0 Å². The third-order valence-electron chi connectivity index (χ3n) is 6.27. The Balaban J connectivity index is 1.82. The van der Waals surface area contributed by atoms with Gasteiger partial charge in [0.2, 0.25) is 0 Å². The van der Waals surface area contributed by atoms with Gasteiger partial charge in [0.25, 0.3) is 0 Å². The Hall–Kier alpha value is -1.42. The van der Waals surface area contributed by atoms with Gasteiger partial charge in [-0.1, -0.05) is 83.3 Å². The second-order valence-corrected chi connectivity index (χ2v) is 8.62. The second-order valence-electron chi connectivity index (χ2n) is 8.62. The standard InChI is InChI=1S/C26H40O/c1-5-8-9-11-21(4)27-26-18-16-25(17-19-26)24(7-3)20-23-14-12-22(10-6-2)13-15-23/h3,16-19,21-24H,5-6,8-15,20H2,1-2,4H3. The van der Waals surface area contributed by atoms with Crippen LogP contribution in [0.4, 0.5) is 0 Å². The monoisotopic (exact) mass is 368 g/mol. The van der Waals surface area contributed by atoms with Gasteiger partial charge in [-0.3, -0.25) is 0 Å². The molecule has 2 rings (SSSR count). The van der Waals surface area contributed by atoms with E-state index in [9.17, 15) is 0 Å². The fourth-order valence-electron chi connectivity index (χ4n) is 4.55. The molecule has 150 valence electrons. The normalized spacial score (nSPS) is 22.0. The van der Waals surface area contributed by atoms with Gasteiger partial charge < -0.3 is 4.74 Å². The molecule has 1 nitrogen and oxygen atoms in total. The highest BCUT2D eigenvalue weighted by Crippen LogP contribution is 2.37. The predicted octanol–water partition coefficient (Wildman–Crippen LogP) is 7.75. The molecule has 1 fully saturated rings. The van der Waals surface area contributed by atoms with Gasteiger partial charge in [0.1, 0.15) is 5.75 Å². The summed E-state index contributed by atoms with van der Waals surface area (Å²) < 4.78 is 6.06. The van der Waals surface area contributed by atoms with Crippen molar-refractivity contribution in [2.75, 3.05) is 0 Å². The molecule has 1 aromatic carbocycles. The Bertz CT molecular complexity index is 545. The largest absolute Gasteiger partial charge is 0.491 e. The van der Waals surface area contributed by atoms with E-state index >= 15 is 0 Å². The molecule has 0 aromatic heterocycles. The number of rotatable bonds is 11. The Morgan fingerprint density at radius 1 is 1.00 bits per heavy atom. The van der Waals surface area contributed by atoms with Crippen LogP contribution in [0.2, 0.25) is 0 Å². The van der Waals surface area contributed by atoms with Gasteiger partial charge in [0, 0.05) is 5.92 Å². The van der Waals surface area contributed by atoms with Crippen LogP contribution in [-0.4, -0.2) is 6.10 Å². The summed E-state index contributed by atoms with van der Waals surface area (Å²) in [6, 6.07) is 8.57. The first-order valence-electron chi connectivity index (χ1n) is 11.4. The molecule has 1 aliphatic carbocycles. The van der Waals surface area contributed by atoms with Crippen LogP contribution >= 0.6 is 0 Å². The summed E-state index contributed by atoms with van der Waals surface area (Å²) in [6.45, 7) is 6.71. The van der Waals surface area contributed by atoms with E-state index in [4.69, 9.17) is 11.2 Å². The van der Waals surface area contributed by atoms with Crippen LogP contribution in [-0.2, 0) is 0 Å². The van der Waals surface area contributed by atoms with Crippen LogP contribution in [0.3, 0.4) is 0 Å². The quantitative estimate of drug-likeness (QED) is 0.286. The minimum absolute atomic E-state index is 0.244. The number of hydrogen-bond donors (Lipinski definition) is 0. The first kappa shape index (κ1) is 21.9. The molecule has 2 unspecified atom stereocenters. The SMILES string of the molecule is C#CC(CC1CCC(CCC)CC1)c1ccc(OC(C)CCCCC)cc1. The zero-order valence-corrected chi connectivity index (χ0v) is 17.9. The van der Waals surface area contributed by atoms with Crippen molar-refractivity contribution in [1.29, 1.82) is 0 Å². The predicted molar refractivity (Wildman–Crippen MR) is 117 cm³/mol. The smallest absolute Gasteiger partial charge is 0.119 e. The maximum Gasteiger partial charge on any atom is 0.119 e. The highest BCUT2D eigenvalue weighted by atomic mass is 16.5. The zero-order valence-electron chi connectivity index (χ0n) is 17.9. The first-order chi connectivity index (χ1) is 13.2. The topological polar surface area (TPSA) is 9.23 Å². The van der Waals surface area contributed by atoms with Crippen LogP contribution in [0.15, 0.2) is 24.3 Å². The van der Waals surface area contributed by atoms with E-state index in [0.29, 0.717) is 0 Å². The van der Waals surface area contributed by atoms with Crippen LogP contribution in [0.5, 0.6) is 5.75 Å². The van der Waals surface area contributed by atoms with E-state index in [0.717, 1.165) is 30.4 Å². The zero-order chi connectivity index (χ0) is 19.5. The van der Waals surface area contributed by atoms with Gasteiger partial charge in [-0.2, -0.15) is 0 Å². The molecule has 27 heavy (non-hydrogen) atoms. The van der Waals surface area contributed by atoms with Crippen molar-refractivity contribution < 1.29 is 4.74 Å². The maximum atomic E-state index is 6.06. The van der Waals surface area contributed by atoms with Gasteiger partial charge >= 0.3 is 0 Å². The van der Waals surface area contributed by atoms with Gasteiger partial charge in [-0.05, 0) is 55.7 Å². The molecule has 0 N–H and O–H groups in total. The summed E-state index contributed by atoms with van der Waals surface area (Å²) in [5.41, 5.74) is 1.28. The molecule has 1 aliphatic rings. The van der Waals surface area contributed by atoms with E-state index < -0.39 is 0 Å². The van der Waals surface area contributed by atoms with E-state index in [-0.39, 0.29) is 12.0 Å². The second kappa shape index (κ2) is 12.1. The minimum Gasteiger partial charge on any atom is -0.491 e. The Morgan fingerprint density at radius 2 is 1.67 bits per heavy atom. The summed E-state index contributed by atoms with van der Waals surface area (Å²) in [7, 11) is 0. The summed E-state index contributed by atoms with van der Waals surface area (Å²) in [5.74, 6) is 6.03. The van der Waals surface area contributed by atoms with Gasteiger partial charge in [0.05, 0.1) is 6.10 Å². The van der Waals surface area contributed by atoms with Crippen molar-refractivity contribution in [3.8, 4) is 18.1 Å². The van der Waals surface area contributed by atoms with Crippen LogP contribution in [0.25, 0.3) is 0 Å². The molecule has 1 aromatic rings. The fraction of sp³-hybridized carbons (Fsp3) is 0.692. The molecule has 0 bridgehead atoms. The van der Waals surface area contributed by atoms with Crippen molar-refractivity contribution >= 4 is 0 Å². The van der Waals surface area contributed by atoms with E-state index in [1.807, 2.05) is 0 Å². The number of ether oxygens (including phenoxy) is 1. The Labute approximate surface area is 168 Å². The maximum absolute atomic E-state index is 6.06. The van der Waals surface area contributed by atoms with Crippen LogP contribution < -0.4 is 4.74 Å². The molecule has 1 heteroatoms. The van der Waals surface area contributed by atoms with Crippen molar-refractivity contribution in [3.05, 3.63) is 29.8 Å². The third-order valence-corrected chi connectivity index (χ3v) is 6.27. The average molecular weight is 369 g/mol. The Kier molecular flexibility index (Phi) is 9.82. The summed E-state index contributed by atoms with van der Waals surface area (Å²) in [4.78, 5) is 0. The lowest BCUT2D eigenvalue weighted by atomic mass is 9.76. The molecule has 2 atom stereocenters. The average Bonchev–Trinajstić information content (AvgIpc) is 2.68. The summed E-state index contributed by atoms with van der Waals surface area (Å²) in [6.07, 6.45) is 20.5. The minimum atomic E-state index is 0.244. The molecule has 0 aliphatic heterocycles. The molecular weight excluding hydrogens is 328 g/mol. The lowest BCUT2D eigenvalue weighted by molar-refractivity contribution is 0.206. The number of terminal acetylenes is 1. The number of benzene rings is 1. The number of unbranched alkanes of at least 4 members (excludes halogenated alkanes) is 2. The van der Waals surface area contributed by atoms with Gasteiger partial charge in [0.15, 0.2) is 0 Å². The van der Waals surface area contributed by atoms with Crippen LogP contribution in [0, 0.1) is 24.2 Å². The first-order valence-corrected chi connectivity index (χ1v) is 11.4. The van der Waals surface area contributed by atoms with E-state index in [1.165, 1.54) is 63.4 Å². The molecule has 0 heterocycles. The lowest BCUT2D eigenvalue weighted by Crippen LogP contribution is -2.16. The van der Waals surface area contributed by atoms with Crippen molar-refractivity contribution in [1.82, 2.24) is 0 Å². The van der Waals surface area contributed by atoms with Crippen molar-refractivity contribution in [2.45, 2.75) is 103 Å². The third kappa shape index (κ3) is 7.61.